The number of nitrogens with one attached hydrogen (secondary N) is 1. The van der Waals surface area contributed by atoms with Gasteiger partial charge in [-0.1, -0.05) is 19.3 Å². The highest BCUT2D eigenvalue weighted by Crippen LogP contribution is 2.64. The number of halogens is 2. The summed E-state index contributed by atoms with van der Waals surface area (Å²) < 4.78 is 19.3. The molecule has 6 nitrogen and oxygen atoms in total. The second-order valence-corrected chi connectivity index (χ2v) is 10.8. The zero-order valence-corrected chi connectivity index (χ0v) is 18.3. The van der Waals surface area contributed by atoms with Crippen molar-refractivity contribution >= 4 is 23.5 Å². The molecule has 8 heteroatoms. The molecule has 0 spiro atoms. The lowest BCUT2D eigenvalue weighted by Gasteiger charge is -2.72. The van der Waals surface area contributed by atoms with E-state index in [-0.39, 0.29) is 42.1 Å². The summed E-state index contributed by atoms with van der Waals surface area (Å²) in [6.07, 6.45) is 8.85. The van der Waals surface area contributed by atoms with Gasteiger partial charge < -0.3 is 19.9 Å². The molecule has 2 bridgehead atoms. The van der Waals surface area contributed by atoms with Crippen LogP contribution in [0.4, 0.5) is 9.18 Å². The average molecular weight is 442 g/mol. The Morgan fingerprint density at radius 1 is 1.13 bits per heavy atom. The summed E-state index contributed by atoms with van der Waals surface area (Å²) in [7, 11) is 0. The van der Waals surface area contributed by atoms with Crippen LogP contribution in [0.25, 0.3) is 0 Å². The molecule has 6 rings (SSSR count). The van der Waals surface area contributed by atoms with Gasteiger partial charge in [0, 0.05) is 31.1 Å². The van der Waals surface area contributed by atoms with Gasteiger partial charge in [0.05, 0.1) is 17.0 Å². The molecular weight excluding hydrogens is 409 g/mol. The topological polar surface area (TPSA) is 61.9 Å². The molecule has 168 valence electrons. The fraction of sp³-hybridized carbons (Fsp3) is 0.909. The Hall–Kier alpha value is -1.08. The Balaban J connectivity index is 1.06. The van der Waals surface area contributed by atoms with Crippen LogP contribution in [0, 0.1) is 0 Å². The van der Waals surface area contributed by atoms with Crippen LogP contribution in [0.5, 0.6) is 0 Å². The highest BCUT2D eigenvalue weighted by atomic mass is 35.5. The lowest BCUT2D eigenvalue weighted by Crippen LogP contribution is -2.84. The van der Waals surface area contributed by atoms with Crippen molar-refractivity contribution in [1.82, 2.24) is 15.1 Å². The van der Waals surface area contributed by atoms with E-state index in [1.165, 1.54) is 19.3 Å². The SMILES string of the molecule is O=C(COC1CCC(Cl)C(F)C1)NC12CC(N3CCN(C4CCCCC4)C3=O)(C1)C2. The Morgan fingerprint density at radius 3 is 2.57 bits per heavy atom. The molecule has 1 heterocycles. The average Bonchev–Trinajstić information content (AvgIpc) is 3.06. The van der Waals surface area contributed by atoms with Crippen molar-refractivity contribution in [3.05, 3.63) is 0 Å². The van der Waals surface area contributed by atoms with Gasteiger partial charge in [-0.3, -0.25) is 4.79 Å². The van der Waals surface area contributed by atoms with E-state index in [9.17, 15) is 14.0 Å². The molecule has 0 aromatic heterocycles. The summed E-state index contributed by atoms with van der Waals surface area (Å²) in [5.74, 6) is -0.136. The maximum Gasteiger partial charge on any atom is 0.320 e. The lowest BCUT2D eigenvalue weighted by molar-refractivity contribution is -0.168. The lowest BCUT2D eigenvalue weighted by atomic mass is 9.43. The molecule has 5 aliphatic carbocycles. The molecular formula is C22H33ClFN3O3. The molecule has 6 aliphatic rings. The minimum atomic E-state index is -1.06. The Morgan fingerprint density at radius 2 is 1.87 bits per heavy atom. The number of rotatable bonds is 6. The first-order valence-corrected chi connectivity index (χ1v) is 12.1. The molecule has 3 unspecified atom stereocenters. The second kappa shape index (κ2) is 7.80. The number of nitrogens with zero attached hydrogens (tertiary/aromatic N) is 2. The van der Waals surface area contributed by atoms with E-state index in [4.69, 9.17) is 16.3 Å². The monoisotopic (exact) mass is 441 g/mol. The molecule has 3 amide bonds. The second-order valence-electron chi connectivity index (χ2n) is 10.3. The van der Waals surface area contributed by atoms with Crippen LogP contribution < -0.4 is 5.32 Å². The van der Waals surface area contributed by atoms with Crippen molar-refractivity contribution < 1.29 is 18.7 Å². The zero-order valence-electron chi connectivity index (χ0n) is 17.6. The van der Waals surface area contributed by atoms with Gasteiger partial charge in [-0.05, 0) is 44.9 Å². The molecule has 3 atom stereocenters. The van der Waals surface area contributed by atoms with E-state index in [0.717, 1.165) is 45.2 Å². The summed E-state index contributed by atoms with van der Waals surface area (Å²) in [4.78, 5) is 29.6. The Bertz CT molecular complexity index is 681. The van der Waals surface area contributed by atoms with Gasteiger partial charge in [0.15, 0.2) is 0 Å². The number of amides is 3. The largest absolute Gasteiger partial charge is 0.368 e. The molecule has 1 N–H and O–H groups in total. The summed E-state index contributed by atoms with van der Waals surface area (Å²) >= 11 is 5.90. The Kier molecular flexibility index (Phi) is 5.41. The van der Waals surface area contributed by atoms with Crippen LogP contribution in [-0.2, 0) is 9.53 Å². The summed E-state index contributed by atoms with van der Waals surface area (Å²) in [6, 6.07) is 0.632. The van der Waals surface area contributed by atoms with Crippen molar-refractivity contribution in [1.29, 1.82) is 0 Å². The maximum absolute atomic E-state index is 13.7. The molecule has 1 aliphatic heterocycles. The van der Waals surface area contributed by atoms with Gasteiger partial charge in [-0.2, -0.15) is 0 Å². The van der Waals surface area contributed by atoms with Crippen LogP contribution >= 0.6 is 11.6 Å². The summed E-state index contributed by atoms with van der Waals surface area (Å²) in [6.45, 7) is 1.63. The van der Waals surface area contributed by atoms with Crippen molar-refractivity contribution in [3.63, 3.8) is 0 Å². The van der Waals surface area contributed by atoms with Crippen molar-refractivity contribution in [2.45, 2.75) is 105 Å². The molecule has 6 fully saturated rings. The minimum Gasteiger partial charge on any atom is -0.368 e. The maximum atomic E-state index is 13.7. The summed E-state index contributed by atoms with van der Waals surface area (Å²) in [5.41, 5.74) is -0.218. The van der Waals surface area contributed by atoms with E-state index in [2.05, 4.69) is 15.1 Å². The number of alkyl halides is 2. The smallest absolute Gasteiger partial charge is 0.320 e. The standard InChI is InChI=1S/C22H33ClFN3O3/c23-17-7-6-16(10-18(17)24)30-11-19(28)25-21-12-22(13-21,14-21)27-9-8-26(20(27)29)15-4-2-1-3-5-15/h15-18H,1-14H2,(H,25,28). The van der Waals surface area contributed by atoms with Crippen LogP contribution in [0.2, 0.25) is 0 Å². The quantitative estimate of drug-likeness (QED) is 0.643. The van der Waals surface area contributed by atoms with Crippen LogP contribution in [0.3, 0.4) is 0 Å². The zero-order chi connectivity index (χ0) is 20.9. The van der Waals surface area contributed by atoms with Gasteiger partial charge >= 0.3 is 6.03 Å². The van der Waals surface area contributed by atoms with E-state index < -0.39 is 11.5 Å². The van der Waals surface area contributed by atoms with Crippen LogP contribution in [-0.4, -0.2) is 76.2 Å². The molecule has 30 heavy (non-hydrogen) atoms. The predicted octanol–water partition coefficient (Wildman–Crippen LogP) is 3.36. The molecule has 0 aromatic carbocycles. The molecule has 0 aromatic rings. The van der Waals surface area contributed by atoms with Gasteiger partial charge in [-0.15, -0.1) is 11.6 Å². The number of carbonyl (C=O) groups is 2. The first-order chi connectivity index (χ1) is 14.4. The van der Waals surface area contributed by atoms with Crippen LogP contribution in [0.1, 0.15) is 70.6 Å². The van der Waals surface area contributed by atoms with Crippen molar-refractivity contribution in [2.75, 3.05) is 19.7 Å². The molecule has 5 saturated carbocycles. The van der Waals surface area contributed by atoms with Gasteiger partial charge in [-0.25, -0.2) is 9.18 Å². The number of urea groups is 1. The van der Waals surface area contributed by atoms with E-state index in [1.54, 1.807) is 0 Å². The fourth-order valence-electron chi connectivity index (χ4n) is 6.60. The number of ether oxygens (including phenoxy) is 1. The normalized spacial score (nSPS) is 41.4. The predicted molar refractivity (Wildman–Crippen MR) is 111 cm³/mol. The third-order valence-corrected chi connectivity index (χ3v) is 8.62. The third kappa shape index (κ3) is 3.60. The fourth-order valence-corrected chi connectivity index (χ4v) is 6.83. The third-order valence-electron chi connectivity index (χ3n) is 8.13. The van der Waals surface area contributed by atoms with Crippen LogP contribution in [0.15, 0.2) is 0 Å². The van der Waals surface area contributed by atoms with E-state index >= 15 is 0 Å². The number of hydrogen-bond donors (Lipinski definition) is 1. The minimum absolute atomic E-state index is 0.0306. The number of carbonyl (C=O) groups excluding carboxylic acids is 2. The molecule has 0 radical (unpaired) electrons. The van der Waals surface area contributed by atoms with Gasteiger partial charge in [0.2, 0.25) is 5.91 Å². The van der Waals surface area contributed by atoms with Crippen molar-refractivity contribution in [3.8, 4) is 0 Å². The van der Waals surface area contributed by atoms with Gasteiger partial charge in [0.25, 0.3) is 0 Å². The molecule has 1 saturated heterocycles. The van der Waals surface area contributed by atoms with E-state index in [1.807, 2.05) is 0 Å². The first kappa shape index (κ1) is 20.8. The first-order valence-electron chi connectivity index (χ1n) is 11.7. The Labute approximate surface area is 182 Å². The highest BCUT2D eigenvalue weighted by molar-refractivity contribution is 6.21. The van der Waals surface area contributed by atoms with E-state index in [0.29, 0.717) is 18.9 Å². The highest BCUT2D eigenvalue weighted by Gasteiger charge is 2.72. The summed E-state index contributed by atoms with van der Waals surface area (Å²) in [5, 5.41) is 2.69. The van der Waals surface area contributed by atoms with Gasteiger partial charge in [0.1, 0.15) is 12.8 Å². The number of hydrogen-bond acceptors (Lipinski definition) is 3. The van der Waals surface area contributed by atoms with Crippen molar-refractivity contribution in [2.24, 2.45) is 0 Å².